The first-order valence-electron chi connectivity index (χ1n) is 6.36. The predicted molar refractivity (Wildman–Crippen MR) is 66.7 cm³/mol. The van der Waals surface area contributed by atoms with Crippen LogP contribution in [-0.4, -0.2) is 19.8 Å². The van der Waals surface area contributed by atoms with Crippen molar-refractivity contribution < 1.29 is 14.2 Å². The maximum absolute atomic E-state index is 5.76. The van der Waals surface area contributed by atoms with E-state index in [2.05, 4.69) is 13.0 Å². The lowest BCUT2D eigenvalue weighted by atomic mass is 10.0. The van der Waals surface area contributed by atoms with Crippen LogP contribution in [-0.2, 0) is 4.74 Å². The number of ether oxygens (including phenoxy) is 3. The van der Waals surface area contributed by atoms with E-state index in [9.17, 15) is 0 Å². The van der Waals surface area contributed by atoms with E-state index < -0.39 is 0 Å². The SMILES string of the molecule is CCCC(OCC)c1ccc2c(c1)OCCO2. The smallest absolute Gasteiger partial charge is 0.161 e. The molecule has 1 heterocycles. The normalized spacial score (nSPS) is 15.6. The third kappa shape index (κ3) is 2.91. The van der Waals surface area contributed by atoms with Crippen molar-refractivity contribution in [1.82, 2.24) is 0 Å². The van der Waals surface area contributed by atoms with Gasteiger partial charge in [-0.1, -0.05) is 19.4 Å². The molecule has 0 aliphatic carbocycles. The van der Waals surface area contributed by atoms with Crippen molar-refractivity contribution in [2.24, 2.45) is 0 Å². The van der Waals surface area contributed by atoms with Crippen molar-refractivity contribution in [3.05, 3.63) is 23.8 Å². The average Bonchev–Trinajstić information content (AvgIpc) is 2.38. The van der Waals surface area contributed by atoms with Crippen LogP contribution in [0, 0.1) is 0 Å². The van der Waals surface area contributed by atoms with Gasteiger partial charge in [-0.2, -0.15) is 0 Å². The van der Waals surface area contributed by atoms with Gasteiger partial charge in [0, 0.05) is 6.61 Å². The van der Waals surface area contributed by atoms with Gasteiger partial charge >= 0.3 is 0 Å². The highest BCUT2D eigenvalue weighted by molar-refractivity contribution is 5.44. The van der Waals surface area contributed by atoms with E-state index in [-0.39, 0.29) is 6.10 Å². The largest absolute Gasteiger partial charge is 0.486 e. The van der Waals surface area contributed by atoms with Gasteiger partial charge in [-0.05, 0) is 31.0 Å². The summed E-state index contributed by atoms with van der Waals surface area (Å²) in [5.74, 6) is 1.68. The Labute approximate surface area is 103 Å². The topological polar surface area (TPSA) is 27.7 Å². The van der Waals surface area contributed by atoms with Crippen LogP contribution >= 0.6 is 0 Å². The van der Waals surface area contributed by atoms with Crippen LogP contribution in [0.4, 0.5) is 0 Å². The Balaban J connectivity index is 2.18. The van der Waals surface area contributed by atoms with Gasteiger partial charge in [0.15, 0.2) is 11.5 Å². The van der Waals surface area contributed by atoms with E-state index in [1.165, 1.54) is 5.56 Å². The van der Waals surface area contributed by atoms with E-state index in [4.69, 9.17) is 14.2 Å². The third-order valence-corrected chi connectivity index (χ3v) is 2.86. The number of hydrogen-bond donors (Lipinski definition) is 0. The average molecular weight is 236 g/mol. The quantitative estimate of drug-likeness (QED) is 0.784. The van der Waals surface area contributed by atoms with Crippen LogP contribution in [0.5, 0.6) is 11.5 Å². The molecule has 0 aromatic heterocycles. The highest BCUT2D eigenvalue weighted by atomic mass is 16.6. The Bertz CT molecular complexity index is 356. The lowest BCUT2D eigenvalue weighted by molar-refractivity contribution is 0.0552. The standard InChI is InChI=1S/C14H20O3/c1-3-5-12(15-4-2)11-6-7-13-14(10-11)17-9-8-16-13/h6-7,10,12H,3-5,8-9H2,1-2H3. The maximum Gasteiger partial charge on any atom is 0.161 e. The Hall–Kier alpha value is -1.22. The van der Waals surface area contributed by atoms with E-state index in [0.717, 1.165) is 30.9 Å². The fourth-order valence-electron chi connectivity index (χ4n) is 2.07. The molecule has 94 valence electrons. The van der Waals surface area contributed by atoms with Crippen LogP contribution in [0.15, 0.2) is 18.2 Å². The first-order valence-corrected chi connectivity index (χ1v) is 6.36. The van der Waals surface area contributed by atoms with E-state index in [1.54, 1.807) is 0 Å². The van der Waals surface area contributed by atoms with E-state index >= 15 is 0 Å². The molecule has 1 atom stereocenters. The summed E-state index contributed by atoms with van der Waals surface area (Å²) < 4.78 is 16.9. The highest BCUT2D eigenvalue weighted by Gasteiger charge is 2.16. The Morgan fingerprint density at radius 2 is 1.94 bits per heavy atom. The summed E-state index contributed by atoms with van der Waals surface area (Å²) >= 11 is 0. The molecule has 1 aliphatic rings. The third-order valence-electron chi connectivity index (χ3n) is 2.86. The minimum atomic E-state index is 0.167. The van der Waals surface area contributed by atoms with Crippen LogP contribution in [0.25, 0.3) is 0 Å². The molecular formula is C14H20O3. The Morgan fingerprint density at radius 1 is 1.18 bits per heavy atom. The molecule has 17 heavy (non-hydrogen) atoms. The molecule has 1 aromatic rings. The van der Waals surface area contributed by atoms with E-state index in [0.29, 0.717) is 13.2 Å². The molecule has 0 saturated heterocycles. The molecule has 3 nitrogen and oxygen atoms in total. The molecule has 0 saturated carbocycles. The van der Waals surface area contributed by atoms with Crippen LogP contribution in [0.3, 0.4) is 0 Å². The lowest BCUT2D eigenvalue weighted by Gasteiger charge is -2.22. The summed E-state index contributed by atoms with van der Waals surface area (Å²) in [5, 5.41) is 0. The monoisotopic (exact) mass is 236 g/mol. The van der Waals surface area contributed by atoms with Crippen LogP contribution < -0.4 is 9.47 Å². The van der Waals surface area contributed by atoms with Gasteiger partial charge in [-0.15, -0.1) is 0 Å². The molecule has 2 rings (SSSR count). The number of rotatable bonds is 5. The molecule has 0 N–H and O–H groups in total. The van der Waals surface area contributed by atoms with Crippen molar-refractivity contribution in [1.29, 1.82) is 0 Å². The minimum absolute atomic E-state index is 0.167. The lowest BCUT2D eigenvalue weighted by Crippen LogP contribution is -2.16. The van der Waals surface area contributed by atoms with Gasteiger partial charge in [-0.3, -0.25) is 0 Å². The zero-order valence-electron chi connectivity index (χ0n) is 10.6. The minimum Gasteiger partial charge on any atom is -0.486 e. The second-order valence-corrected chi connectivity index (χ2v) is 4.14. The van der Waals surface area contributed by atoms with Gasteiger partial charge in [0.05, 0.1) is 6.10 Å². The molecular weight excluding hydrogens is 216 g/mol. The van der Waals surface area contributed by atoms with Crippen LogP contribution in [0.1, 0.15) is 38.4 Å². The summed E-state index contributed by atoms with van der Waals surface area (Å²) in [6.45, 7) is 6.20. The van der Waals surface area contributed by atoms with Crippen LogP contribution in [0.2, 0.25) is 0 Å². The summed E-state index contributed by atoms with van der Waals surface area (Å²) in [7, 11) is 0. The first-order chi connectivity index (χ1) is 8.35. The van der Waals surface area contributed by atoms with Crippen molar-refractivity contribution >= 4 is 0 Å². The van der Waals surface area contributed by atoms with Crippen molar-refractivity contribution in [2.45, 2.75) is 32.8 Å². The second kappa shape index (κ2) is 5.92. The molecule has 0 amide bonds. The molecule has 1 aromatic carbocycles. The molecule has 1 unspecified atom stereocenters. The summed E-state index contributed by atoms with van der Waals surface area (Å²) in [6, 6.07) is 6.10. The molecule has 0 fully saturated rings. The summed E-state index contributed by atoms with van der Waals surface area (Å²) in [5.41, 5.74) is 1.18. The summed E-state index contributed by atoms with van der Waals surface area (Å²) in [4.78, 5) is 0. The molecule has 3 heteroatoms. The fraction of sp³-hybridized carbons (Fsp3) is 0.571. The van der Waals surface area contributed by atoms with Crippen molar-refractivity contribution in [3.63, 3.8) is 0 Å². The number of hydrogen-bond acceptors (Lipinski definition) is 3. The first kappa shape index (κ1) is 12.2. The van der Waals surface area contributed by atoms with Gasteiger partial charge in [0.1, 0.15) is 13.2 Å². The molecule has 0 spiro atoms. The number of fused-ring (bicyclic) bond motifs is 1. The zero-order valence-corrected chi connectivity index (χ0v) is 10.6. The second-order valence-electron chi connectivity index (χ2n) is 4.14. The Morgan fingerprint density at radius 3 is 2.65 bits per heavy atom. The van der Waals surface area contributed by atoms with Crippen molar-refractivity contribution in [2.75, 3.05) is 19.8 Å². The molecule has 0 radical (unpaired) electrons. The summed E-state index contributed by atoms with van der Waals surface area (Å²) in [6.07, 6.45) is 2.31. The Kier molecular flexibility index (Phi) is 4.26. The van der Waals surface area contributed by atoms with Crippen molar-refractivity contribution in [3.8, 4) is 11.5 Å². The fourth-order valence-corrected chi connectivity index (χ4v) is 2.07. The highest BCUT2D eigenvalue weighted by Crippen LogP contribution is 2.34. The number of benzene rings is 1. The molecule has 1 aliphatic heterocycles. The van der Waals surface area contributed by atoms with Gasteiger partial charge in [-0.25, -0.2) is 0 Å². The predicted octanol–water partition coefficient (Wildman–Crippen LogP) is 3.34. The van der Waals surface area contributed by atoms with E-state index in [1.807, 2.05) is 19.1 Å². The van der Waals surface area contributed by atoms with Gasteiger partial charge in [0.2, 0.25) is 0 Å². The maximum atomic E-state index is 5.76. The van der Waals surface area contributed by atoms with Gasteiger partial charge in [0.25, 0.3) is 0 Å². The molecule has 0 bridgehead atoms. The zero-order chi connectivity index (χ0) is 12.1. The van der Waals surface area contributed by atoms with Gasteiger partial charge < -0.3 is 14.2 Å².